The lowest BCUT2D eigenvalue weighted by atomic mass is 10.1. The van der Waals surface area contributed by atoms with Crippen LogP contribution in [0.5, 0.6) is 0 Å². The monoisotopic (exact) mass is 308 g/mol. The van der Waals surface area contributed by atoms with Gasteiger partial charge in [0.15, 0.2) is 0 Å². The summed E-state index contributed by atoms with van der Waals surface area (Å²) in [5, 5.41) is 0. The highest BCUT2D eigenvalue weighted by Gasteiger charge is 2.37. The molecule has 0 bridgehead atoms. The molecular formula is C12H28N2O5Si. The SMILES string of the molecule is CO[Si](CCCC(CCCNN)OC(C)=O)(OC)OC. The highest BCUT2D eigenvalue weighted by Crippen LogP contribution is 2.19. The number of esters is 1. The van der Waals surface area contributed by atoms with E-state index in [1.54, 1.807) is 21.3 Å². The van der Waals surface area contributed by atoms with E-state index in [4.69, 9.17) is 23.9 Å². The quantitative estimate of drug-likeness (QED) is 0.181. The van der Waals surface area contributed by atoms with Crippen molar-refractivity contribution in [2.24, 2.45) is 5.84 Å². The molecule has 0 spiro atoms. The minimum atomic E-state index is -2.54. The smallest absolute Gasteiger partial charge is 0.463 e. The summed E-state index contributed by atoms with van der Waals surface area (Å²) in [6.45, 7) is 2.12. The van der Waals surface area contributed by atoms with Crippen LogP contribution in [0.1, 0.15) is 32.6 Å². The Morgan fingerprint density at radius 1 is 1.15 bits per heavy atom. The topological polar surface area (TPSA) is 92.0 Å². The predicted molar refractivity (Wildman–Crippen MR) is 77.8 cm³/mol. The van der Waals surface area contributed by atoms with Crippen molar-refractivity contribution in [3.05, 3.63) is 0 Å². The van der Waals surface area contributed by atoms with Crippen LogP contribution in [0.15, 0.2) is 0 Å². The van der Waals surface area contributed by atoms with Crippen LogP contribution in [0.4, 0.5) is 0 Å². The first-order valence-corrected chi connectivity index (χ1v) is 8.73. The lowest BCUT2D eigenvalue weighted by Gasteiger charge is -2.25. The molecule has 0 radical (unpaired) electrons. The Morgan fingerprint density at radius 2 is 1.70 bits per heavy atom. The van der Waals surface area contributed by atoms with E-state index < -0.39 is 8.80 Å². The van der Waals surface area contributed by atoms with Crippen molar-refractivity contribution in [1.29, 1.82) is 0 Å². The van der Waals surface area contributed by atoms with E-state index in [1.807, 2.05) is 0 Å². The summed E-state index contributed by atoms with van der Waals surface area (Å²) in [5.41, 5.74) is 2.59. The Hall–Kier alpha value is -0.513. The fraction of sp³-hybridized carbons (Fsp3) is 0.917. The molecule has 1 unspecified atom stereocenters. The molecule has 0 aliphatic rings. The van der Waals surface area contributed by atoms with Gasteiger partial charge in [-0.1, -0.05) is 0 Å². The van der Waals surface area contributed by atoms with Gasteiger partial charge in [-0.05, 0) is 25.7 Å². The molecule has 0 amide bonds. The zero-order valence-electron chi connectivity index (χ0n) is 12.9. The summed E-state index contributed by atoms with van der Waals surface area (Å²) in [4.78, 5) is 11.1. The Labute approximate surface area is 122 Å². The maximum atomic E-state index is 11.1. The van der Waals surface area contributed by atoms with E-state index in [-0.39, 0.29) is 12.1 Å². The van der Waals surface area contributed by atoms with Gasteiger partial charge >= 0.3 is 14.8 Å². The maximum absolute atomic E-state index is 11.1. The van der Waals surface area contributed by atoms with Crippen LogP contribution in [0.2, 0.25) is 6.04 Å². The fourth-order valence-corrected chi connectivity index (χ4v) is 3.78. The molecule has 0 saturated heterocycles. The zero-order valence-corrected chi connectivity index (χ0v) is 13.9. The molecule has 120 valence electrons. The Morgan fingerprint density at radius 3 is 2.15 bits per heavy atom. The van der Waals surface area contributed by atoms with Crippen molar-refractivity contribution < 1.29 is 22.8 Å². The minimum Gasteiger partial charge on any atom is -0.463 e. The van der Waals surface area contributed by atoms with Gasteiger partial charge in [-0.3, -0.25) is 16.1 Å². The third kappa shape index (κ3) is 7.93. The first-order chi connectivity index (χ1) is 9.53. The highest BCUT2D eigenvalue weighted by atomic mass is 28.4. The number of carbonyl (C=O) groups is 1. The summed E-state index contributed by atoms with van der Waals surface area (Å²) < 4.78 is 21.4. The molecule has 0 aliphatic carbocycles. The van der Waals surface area contributed by atoms with Crippen molar-refractivity contribution in [3.63, 3.8) is 0 Å². The number of nitrogens with one attached hydrogen (secondary N) is 1. The van der Waals surface area contributed by atoms with Crippen LogP contribution in [-0.2, 0) is 22.8 Å². The second-order valence-corrected chi connectivity index (χ2v) is 7.61. The van der Waals surface area contributed by atoms with Gasteiger partial charge in [0.1, 0.15) is 6.10 Å². The second kappa shape index (κ2) is 11.2. The molecule has 0 saturated carbocycles. The summed E-state index contributed by atoms with van der Waals surface area (Å²) in [5.74, 6) is 4.97. The van der Waals surface area contributed by atoms with E-state index in [0.717, 1.165) is 25.7 Å². The largest absolute Gasteiger partial charge is 0.500 e. The van der Waals surface area contributed by atoms with Crippen LogP contribution < -0.4 is 11.3 Å². The molecule has 20 heavy (non-hydrogen) atoms. The molecule has 8 heteroatoms. The van der Waals surface area contributed by atoms with Crippen LogP contribution in [0.25, 0.3) is 0 Å². The maximum Gasteiger partial charge on any atom is 0.500 e. The number of hydrazine groups is 1. The number of rotatable bonds is 12. The molecular weight excluding hydrogens is 280 g/mol. The summed E-state index contributed by atoms with van der Waals surface area (Å²) in [7, 11) is 2.24. The summed E-state index contributed by atoms with van der Waals surface area (Å²) >= 11 is 0. The number of hydrogen-bond donors (Lipinski definition) is 2. The van der Waals surface area contributed by atoms with Crippen LogP contribution in [0.3, 0.4) is 0 Å². The van der Waals surface area contributed by atoms with Crippen molar-refractivity contribution >= 4 is 14.8 Å². The lowest BCUT2D eigenvalue weighted by Crippen LogP contribution is -2.42. The van der Waals surface area contributed by atoms with Crippen LogP contribution in [0, 0.1) is 0 Å². The summed E-state index contributed by atoms with van der Waals surface area (Å²) in [6.07, 6.45) is 3.12. The second-order valence-electron chi connectivity index (χ2n) is 4.52. The molecule has 3 N–H and O–H groups in total. The van der Waals surface area contributed by atoms with Crippen LogP contribution >= 0.6 is 0 Å². The van der Waals surface area contributed by atoms with Gasteiger partial charge in [-0.15, -0.1) is 0 Å². The van der Waals surface area contributed by atoms with Gasteiger partial charge in [0.05, 0.1) is 0 Å². The Balaban J connectivity index is 4.19. The van der Waals surface area contributed by atoms with Gasteiger partial charge in [0.2, 0.25) is 0 Å². The number of ether oxygens (including phenoxy) is 1. The van der Waals surface area contributed by atoms with E-state index in [2.05, 4.69) is 5.43 Å². The lowest BCUT2D eigenvalue weighted by molar-refractivity contribution is -0.147. The standard InChI is InChI=1S/C12H28N2O5Si/c1-11(15)19-12(7-5-9-14-13)8-6-10-20(16-2,17-3)18-4/h12,14H,5-10,13H2,1-4H3. The van der Waals surface area contributed by atoms with E-state index >= 15 is 0 Å². The molecule has 0 aromatic rings. The number of carbonyl (C=O) groups excluding carboxylic acids is 1. The Kier molecular flexibility index (Phi) is 10.9. The van der Waals surface area contributed by atoms with E-state index in [9.17, 15) is 4.79 Å². The van der Waals surface area contributed by atoms with Crippen molar-refractivity contribution in [2.45, 2.75) is 44.8 Å². The third-order valence-electron chi connectivity index (χ3n) is 3.12. The minimum absolute atomic E-state index is 0.0990. The molecule has 0 aliphatic heterocycles. The Bertz CT molecular complexity index is 256. The molecule has 1 atom stereocenters. The van der Waals surface area contributed by atoms with Gasteiger partial charge in [0, 0.05) is 40.8 Å². The fourth-order valence-electron chi connectivity index (χ4n) is 2.03. The third-order valence-corrected chi connectivity index (χ3v) is 5.95. The molecule has 7 nitrogen and oxygen atoms in total. The molecule has 0 fully saturated rings. The predicted octanol–water partition coefficient (Wildman–Crippen LogP) is 0.820. The first kappa shape index (κ1) is 19.5. The first-order valence-electron chi connectivity index (χ1n) is 6.79. The molecule has 0 heterocycles. The number of hydrogen-bond acceptors (Lipinski definition) is 7. The average Bonchev–Trinajstić information content (AvgIpc) is 2.43. The normalized spacial score (nSPS) is 13.2. The van der Waals surface area contributed by atoms with Gasteiger partial charge in [-0.2, -0.15) is 0 Å². The van der Waals surface area contributed by atoms with Crippen molar-refractivity contribution in [3.8, 4) is 0 Å². The van der Waals surface area contributed by atoms with Crippen LogP contribution in [-0.4, -0.2) is 48.8 Å². The molecule has 0 aromatic carbocycles. The zero-order chi connectivity index (χ0) is 15.4. The molecule has 0 rings (SSSR count). The average molecular weight is 308 g/mol. The van der Waals surface area contributed by atoms with Crippen molar-refractivity contribution in [1.82, 2.24) is 5.43 Å². The number of nitrogens with two attached hydrogens (primary N) is 1. The summed E-state index contributed by atoms with van der Waals surface area (Å²) in [6, 6.07) is 0.698. The van der Waals surface area contributed by atoms with Gasteiger partial charge in [0.25, 0.3) is 0 Å². The van der Waals surface area contributed by atoms with E-state index in [1.165, 1.54) is 6.92 Å². The highest BCUT2D eigenvalue weighted by molar-refractivity contribution is 6.60. The molecule has 0 aromatic heterocycles. The van der Waals surface area contributed by atoms with Gasteiger partial charge in [-0.25, -0.2) is 0 Å². The van der Waals surface area contributed by atoms with Crippen molar-refractivity contribution in [2.75, 3.05) is 27.9 Å². The van der Waals surface area contributed by atoms with E-state index in [0.29, 0.717) is 12.6 Å². The van der Waals surface area contributed by atoms with Gasteiger partial charge < -0.3 is 18.0 Å².